The highest BCUT2D eigenvalue weighted by Gasteiger charge is 2.41. The van der Waals surface area contributed by atoms with E-state index < -0.39 is 26.6 Å². The highest BCUT2D eigenvalue weighted by Crippen LogP contribution is 2.39. The minimum atomic E-state index is -3.64. The van der Waals surface area contributed by atoms with Gasteiger partial charge >= 0.3 is 0 Å². The molecule has 2 aliphatic rings. The molecule has 2 saturated heterocycles. The summed E-state index contributed by atoms with van der Waals surface area (Å²) in [6.07, 6.45) is 3.53. The van der Waals surface area contributed by atoms with Gasteiger partial charge in [-0.25, -0.2) is 12.8 Å². The second kappa shape index (κ2) is 11.0. The third kappa shape index (κ3) is 5.39. The summed E-state index contributed by atoms with van der Waals surface area (Å²) in [5.41, 5.74) is 1.27. The van der Waals surface area contributed by atoms with Gasteiger partial charge in [-0.05, 0) is 49.8 Å². The van der Waals surface area contributed by atoms with Crippen LogP contribution in [0, 0.1) is 5.82 Å². The van der Waals surface area contributed by atoms with Crippen LogP contribution in [0.15, 0.2) is 65.4 Å². The molecular formula is C28H32FN3O5S. The molecule has 2 aromatic carbocycles. The number of carbonyl (C=O) groups is 1. The molecule has 38 heavy (non-hydrogen) atoms. The number of carbonyl (C=O) groups excluding carboxylic acids is 1. The Morgan fingerprint density at radius 1 is 1.13 bits per heavy atom. The summed E-state index contributed by atoms with van der Waals surface area (Å²) in [7, 11) is -3.64. The van der Waals surface area contributed by atoms with E-state index in [0.29, 0.717) is 49.3 Å². The molecule has 0 spiro atoms. The number of halogens is 1. The van der Waals surface area contributed by atoms with Crippen molar-refractivity contribution in [2.24, 2.45) is 0 Å². The van der Waals surface area contributed by atoms with E-state index in [4.69, 9.17) is 9.26 Å². The SMILES string of the molecule is C[C@H]1CC[C@H](c2ccccc2)S(=O)(=O)N1Cc1ccc(C2(NC(=O)Cc3ccon3)CCOCC2)c(F)c1. The first-order valence-corrected chi connectivity index (χ1v) is 14.4. The van der Waals surface area contributed by atoms with Gasteiger partial charge in [-0.3, -0.25) is 4.79 Å². The van der Waals surface area contributed by atoms with E-state index in [0.717, 1.165) is 12.0 Å². The predicted molar refractivity (Wildman–Crippen MR) is 139 cm³/mol. The third-order valence-corrected chi connectivity index (χ3v) is 10.0. The lowest BCUT2D eigenvalue weighted by molar-refractivity contribution is -0.124. The maximum absolute atomic E-state index is 15.7. The smallest absolute Gasteiger partial charge is 0.226 e. The fraction of sp³-hybridized carbons (Fsp3) is 0.429. The Bertz CT molecular complexity index is 1360. The van der Waals surface area contributed by atoms with Crippen molar-refractivity contribution in [3.05, 3.63) is 89.1 Å². The van der Waals surface area contributed by atoms with Crippen LogP contribution in [-0.2, 0) is 38.1 Å². The number of nitrogens with zero attached hydrogens (tertiary/aromatic N) is 2. The summed E-state index contributed by atoms with van der Waals surface area (Å²) < 4.78 is 54.7. The summed E-state index contributed by atoms with van der Waals surface area (Å²) in [5, 5.41) is 6.19. The van der Waals surface area contributed by atoms with Crippen molar-refractivity contribution >= 4 is 15.9 Å². The van der Waals surface area contributed by atoms with E-state index in [1.807, 2.05) is 37.3 Å². The number of nitrogens with one attached hydrogen (secondary N) is 1. The molecule has 3 heterocycles. The Morgan fingerprint density at radius 3 is 2.58 bits per heavy atom. The molecule has 8 nitrogen and oxygen atoms in total. The number of ether oxygens (including phenoxy) is 1. The molecule has 0 bridgehead atoms. The molecule has 2 atom stereocenters. The molecular weight excluding hydrogens is 509 g/mol. The molecule has 1 amide bonds. The van der Waals surface area contributed by atoms with Crippen molar-refractivity contribution in [3.8, 4) is 0 Å². The number of amides is 1. The van der Waals surface area contributed by atoms with Gasteiger partial charge < -0.3 is 14.6 Å². The molecule has 202 valence electrons. The Kier molecular flexibility index (Phi) is 7.65. The number of hydrogen-bond donors (Lipinski definition) is 1. The minimum Gasteiger partial charge on any atom is -0.381 e. The van der Waals surface area contributed by atoms with Crippen LogP contribution in [0.2, 0.25) is 0 Å². The van der Waals surface area contributed by atoms with Crippen molar-refractivity contribution in [2.45, 2.75) is 62.4 Å². The van der Waals surface area contributed by atoms with Gasteiger partial charge in [0, 0.05) is 37.4 Å². The lowest BCUT2D eigenvalue weighted by atomic mass is 9.81. The van der Waals surface area contributed by atoms with Gasteiger partial charge in [-0.1, -0.05) is 47.6 Å². The summed E-state index contributed by atoms with van der Waals surface area (Å²) >= 11 is 0. The minimum absolute atomic E-state index is 0.0199. The predicted octanol–water partition coefficient (Wildman–Crippen LogP) is 4.23. The zero-order valence-corrected chi connectivity index (χ0v) is 22.1. The van der Waals surface area contributed by atoms with Gasteiger partial charge in [0.25, 0.3) is 0 Å². The third-order valence-electron chi connectivity index (χ3n) is 7.64. The molecule has 0 radical (unpaired) electrons. The number of rotatable bonds is 7. The number of benzene rings is 2. The van der Waals surface area contributed by atoms with Gasteiger partial charge in [-0.15, -0.1) is 0 Å². The van der Waals surface area contributed by atoms with Gasteiger partial charge in [0.15, 0.2) is 0 Å². The van der Waals surface area contributed by atoms with Crippen molar-refractivity contribution in [1.82, 2.24) is 14.8 Å². The molecule has 1 aromatic heterocycles. The van der Waals surface area contributed by atoms with Crippen LogP contribution in [0.5, 0.6) is 0 Å². The normalized spacial score (nSPS) is 23.1. The second-order valence-electron chi connectivity index (χ2n) is 10.1. The van der Waals surface area contributed by atoms with Crippen molar-refractivity contribution in [1.29, 1.82) is 0 Å². The molecule has 0 aliphatic carbocycles. The van der Waals surface area contributed by atoms with Crippen LogP contribution in [0.25, 0.3) is 0 Å². The maximum Gasteiger partial charge on any atom is 0.226 e. The largest absolute Gasteiger partial charge is 0.381 e. The summed E-state index contributed by atoms with van der Waals surface area (Å²) in [6.45, 7) is 2.75. The van der Waals surface area contributed by atoms with Gasteiger partial charge in [-0.2, -0.15) is 4.31 Å². The van der Waals surface area contributed by atoms with Crippen LogP contribution in [0.4, 0.5) is 4.39 Å². The quantitative estimate of drug-likeness (QED) is 0.480. The first kappa shape index (κ1) is 26.5. The molecule has 2 fully saturated rings. The van der Waals surface area contributed by atoms with E-state index in [2.05, 4.69) is 10.5 Å². The van der Waals surface area contributed by atoms with Gasteiger partial charge in [0.1, 0.15) is 17.3 Å². The molecule has 3 aromatic rings. The van der Waals surface area contributed by atoms with Crippen molar-refractivity contribution < 1.29 is 26.9 Å². The Balaban J connectivity index is 1.38. The van der Waals surface area contributed by atoms with E-state index in [1.165, 1.54) is 16.6 Å². The van der Waals surface area contributed by atoms with E-state index in [1.54, 1.807) is 18.2 Å². The van der Waals surface area contributed by atoms with Gasteiger partial charge in [0.2, 0.25) is 15.9 Å². The fourth-order valence-electron chi connectivity index (χ4n) is 5.56. The number of sulfonamides is 1. The zero-order chi connectivity index (χ0) is 26.8. The lowest BCUT2D eigenvalue weighted by Crippen LogP contribution is -2.50. The fourth-order valence-corrected chi connectivity index (χ4v) is 7.76. The zero-order valence-electron chi connectivity index (χ0n) is 21.3. The molecule has 0 unspecified atom stereocenters. The average Bonchev–Trinajstić information content (AvgIpc) is 3.40. The van der Waals surface area contributed by atoms with Crippen LogP contribution in [0.1, 0.15) is 60.2 Å². The molecule has 5 rings (SSSR count). The molecule has 0 saturated carbocycles. The maximum atomic E-state index is 15.7. The standard InChI is InChI=1S/C28H32FN3O5S/c1-20-7-10-26(22-5-3-2-4-6-22)38(34,35)32(20)19-21-8-9-24(25(29)17-21)28(12-15-36-16-13-28)30-27(33)18-23-11-14-37-31-23/h2-6,8-9,11,14,17,20,26H,7,10,12-13,15-16,18-19H2,1H3,(H,30,33)/t20-,26+/m0/s1. The first-order chi connectivity index (χ1) is 18.3. The highest BCUT2D eigenvalue weighted by molar-refractivity contribution is 7.89. The molecule has 2 aliphatic heterocycles. The Hall–Kier alpha value is -3.08. The highest BCUT2D eigenvalue weighted by atomic mass is 32.2. The lowest BCUT2D eigenvalue weighted by Gasteiger charge is -2.39. The van der Waals surface area contributed by atoms with Crippen molar-refractivity contribution in [2.75, 3.05) is 13.2 Å². The van der Waals surface area contributed by atoms with Crippen LogP contribution in [-0.4, -0.2) is 43.0 Å². The van der Waals surface area contributed by atoms with E-state index in [-0.39, 0.29) is 24.9 Å². The Labute approximate surface area is 222 Å². The van der Waals surface area contributed by atoms with Gasteiger partial charge in [0.05, 0.1) is 17.7 Å². The van der Waals surface area contributed by atoms with E-state index >= 15 is 4.39 Å². The number of aromatic nitrogens is 1. The molecule has 10 heteroatoms. The number of hydrogen-bond acceptors (Lipinski definition) is 6. The summed E-state index contributed by atoms with van der Waals surface area (Å²) in [5.74, 6) is -0.766. The van der Waals surface area contributed by atoms with Crippen molar-refractivity contribution in [3.63, 3.8) is 0 Å². The topological polar surface area (TPSA) is 102 Å². The summed E-state index contributed by atoms with van der Waals surface area (Å²) in [6, 6.07) is 15.5. The molecule has 1 N–H and O–H groups in total. The van der Waals surface area contributed by atoms with Crippen LogP contribution in [0.3, 0.4) is 0 Å². The van der Waals surface area contributed by atoms with Crippen LogP contribution < -0.4 is 5.32 Å². The monoisotopic (exact) mass is 541 g/mol. The average molecular weight is 542 g/mol. The second-order valence-corrected chi connectivity index (χ2v) is 12.2. The first-order valence-electron chi connectivity index (χ1n) is 12.9. The van der Waals surface area contributed by atoms with E-state index in [9.17, 15) is 13.2 Å². The Morgan fingerprint density at radius 2 is 1.89 bits per heavy atom. The summed E-state index contributed by atoms with van der Waals surface area (Å²) in [4.78, 5) is 12.8. The van der Waals surface area contributed by atoms with Crippen LogP contribution >= 0.6 is 0 Å².